The molecule has 2 heterocycles. The number of nitrogens with zero attached hydrogens (tertiary/aromatic N) is 5. The van der Waals surface area contributed by atoms with Gasteiger partial charge in [-0.1, -0.05) is 18.7 Å². The fraction of sp³-hybridized carbons (Fsp3) is 0.318. The number of hydrogen-bond donors (Lipinski definition) is 1. The van der Waals surface area contributed by atoms with Crippen LogP contribution in [0.25, 0.3) is 11.5 Å². The number of nitro groups is 1. The molecule has 0 bridgehead atoms. The van der Waals surface area contributed by atoms with Crippen molar-refractivity contribution in [3.63, 3.8) is 0 Å². The van der Waals surface area contributed by atoms with Gasteiger partial charge in [-0.25, -0.2) is 0 Å². The summed E-state index contributed by atoms with van der Waals surface area (Å²) >= 11 is 1.13. The molecule has 1 amide bonds. The van der Waals surface area contributed by atoms with Crippen LogP contribution in [0.3, 0.4) is 0 Å². The van der Waals surface area contributed by atoms with Crippen LogP contribution < -0.4 is 10.2 Å². The molecule has 2 aromatic carbocycles. The summed E-state index contributed by atoms with van der Waals surface area (Å²) in [4.78, 5) is 27.4. The Balaban J connectivity index is 1.26. The number of rotatable bonds is 8. The van der Waals surface area contributed by atoms with E-state index in [0.29, 0.717) is 5.56 Å². The van der Waals surface area contributed by atoms with Gasteiger partial charge in [-0.2, -0.15) is 0 Å². The van der Waals surface area contributed by atoms with E-state index in [1.54, 1.807) is 12.1 Å². The number of nitro benzene ring substituents is 1. The molecule has 1 fully saturated rings. The maximum atomic E-state index is 12.3. The predicted octanol–water partition coefficient (Wildman–Crippen LogP) is 3.52. The van der Waals surface area contributed by atoms with Crippen LogP contribution in [0.4, 0.5) is 17.1 Å². The van der Waals surface area contributed by atoms with Crippen molar-refractivity contribution in [2.75, 3.05) is 48.7 Å². The molecule has 1 aliphatic heterocycles. The maximum absolute atomic E-state index is 12.3. The highest BCUT2D eigenvalue weighted by Gasteiger charge is 2.16. The number of benzene rings is 2. The molecule has 4 rings (SSSR count). The van der Waals surface area contributed by atoms with Crippen molar-refractivity contribution in [2.45, 2.75) is 12.1 Å². The number of nitrogens with one attached hydrogen (secondary N) is 1. The van der Waals surface area contributed by atoms with Gasteiger partial charge in [0.2, 0.25) is 11.8 Å². The Morgan fingerprint density at radius 2 is 1.79 bits per heavy atom. The molecule has 1 aliphatic rings. The van der Waals surface area contributed by atoms with Crippen molar-refractivity contribution >= 4 is 34.7 Å². The van der Waals surface area contributed by atoms with Crippen LogP contribution >= 0.6 is 11.8 Å². The minimum atomic E-state index is -0.474. The second-order valence-corrected chi connectivity index (χ2v) is 8.41. The third kappa shape index (κ3) is 5.88. The van der Waals surface area contributed by atoms with E-state index in [9.17, 15) is 14.9 Å². The SMILES string of the molecule is CCN1CCN(c2ccc(NC(=O)CSc3nnc(-c4ccc([N+](=O)[O-])cc4)o3)cc2)CC1. The van der Waals surface area contributed by atoms with Gasteiger partial charge in [0.25, 0.3) is 10.9 Å². The molecular weight excluding hydrogens is 444 g/mol. The van der Waals surface area contributed by atoms with Crippen LogP contribution in [0.1, 0.15) is 6.92 Å². The first-order valence-corrected chi connectivity index (χ1v) is 11.6. The molecule has 1 aromatic heterocycles. The number of likely N-dealkylation sites (N-methyl/N-ethyl adjacent to an activating group) is 1. The largest absolute Gasteiger partial charge is 0.411 e. The van der Waals surface area contributed by atoms with E-state index in [-0.39, 0.29) is 28.5 Å². The molecule has 0 unspecified atom stereocenters. The van der Waals surface area contributed by atoms with E-state index in [2.05, 4.69) is 32.2 Å². The van der Waals surface area contributed by atoms with Gasteiger partial charge in [0.05, 0.1) is 10.7 Å². The zero-order valence-electron chi connectivity index (χ0n) is 18.1. The first-order chi connectivity index (χ1) is 16.0. The van der Waals surface area contributed by atoms with E-state index in [4.69, 9.17) is 4.42 Å². The summed E-state index contributed by atoms with van der Waals surface area (Å²) in [6.07, 6.45) is 0. The number of carbonyl (C=O) groups excluding carboxylic acids is 1. The van der Waals surface area contributed by atoms with Crippen molar-refractivity contribution in [2.24, 2.45) is 0 Å². The van der Waals surface area contributed by atoms with Gasteiger partial charge in [-0.3, -0.25) is 14.9 Å². The van der Waals surface area contributed by atoms with Crippen molar-refractivity contribution in [1.82, 2.24) is 15.1 Å². The molecule has 10 nitrogen and oxygen atoms in total. The fourth-order valence-corrected chi connectivity index (χ4v) is 4.08. The summed E-state index contributed by atoms with van der Waals surface area (Å²) in [5, 5.41) is 21.7. The van der Waals surface area contributed by atoms with Gasteiger partial charge in [-0.05, 0) is 42.9 Å². The number of thioether (sulfide) groups is 1. The van der Waals surface area contributed by atoms with Crippen molar-refractivity contribution in [3.8, 4) is 11.5 Å². The van der Waals surface area contributed by atoms with Crippen LogP contribution in [0.15, 0.2) is 58.2 Å². The van der Waals surface area contributed by atoms with Gasteiger partial charge in [0.1, 0.15) is 0 Å². The van der Waals surface area contributed by atoms with E-state index in [1.165, 1.54) is 12.1 Å². The Morgan fingerprint density at radius 1 is 1.09 bits per heavy atom. The number of anilines is 2. The number of aromatic nitrogens is 2. The fourth-order valence-electron chi connectivity index (χ4n) is 3.51. The number of piperazine rings is 1. The van der Waals surface area contributed by atoms with Crippen molar-refractivity contribution in [3.05, 3.63) is 58.6 Å². The Bertz CT molecular complexity index is 1090. The Kier molecular flexibility index (Phi) is 7.20. The summed E-state index contributed by atoms with van der Waals surface area (Å²) in [6, 6.07) is 13.7. The summed E-state index contributed by atoms with van der Waals surface area (Å²) in [6.45, 7) is 7.40. The Hall–Kier alpha value is -3.44. The van der Waals surface area contributed by atoms with Crippen LogP contribution in [-0.2, 0) is 4.79 Å². The van der Waals surface area contributed by atoms with Gasteiger partial charge in [-0.15, -0.1) is 10.2 Å². The van der Waals surface area contributed by atoms with Crippen LogP contribution in [0, 0.1) is 10.1 Å². The minimum absolute atomic E-state index is 0.0170. The molecule has 11 heteroatoms. The Labute approximate surface area is 195 Å². The highest BCUT2D eigenvalue weighted by Crippen LogP contribution is 2.25. The highest BCUT2D eigenvalue weighted by molar-refractivity contribution is 7.99. The highest BCUT2D eigenvalue weighted by atomic mass is 32.2. The molecule has 0 atom stereocenters. The lowest BCUT2D eigenvalue weighted by Gasteiger charge is -2.35. The summed E-state index contributed by atoms with van der Waals surface area (Å²) in [7, 11) is 0. The van der Waals surface area contributed by atoms with Gasteiger partial charge >= 0.3 is 0 Å². The maximum Gasteiger partial charge on any atom is 0.277 e. The number of carbonyl (C=O) groups is 1. The van der Waals surface area contributed by atoms with Crippen molar-refractivity contribution < 1.29 is 14.1 Å². The van der Waals surface area contributed by atoms with Gasteiger partial charge in [0.15, 0.2) is 0 Å². The standard InChI is InChI=1S/C22H24N6O4S/c1-2-26-11-13-27(14-12-26)18-9-5-17(6-10-18)23-20(29)15-33-22-25-24-21(32-22)16-3-7-19(8-4-16)28(30)31/h3-10H,2,11-15H2,1H3,(H,23,29). The minimum Gasteiger partial charge on any atom is -0.411 e. The monoisotopic (exact) mass is 468 g/mol. The Morgan fingerprint density at radius 3 is 2.42 bits per heavy atom. The van der Waals surface area contributed by atoms with Crippen molar-refractivity contribution in [1.29, 1.82) is 0 Å². The molecular formula is C22H24N6O4S. The second kappa shape index (κ2) is 10.5. The molecule has 0 aliphatic carbocycles. The smallest absolute Gasteiger partial charge is 0.277 e. The number of non-ortho nitro benzene ring substituents is 1. The quantitative estimate of drug-likeness (QED) is 0.301. The van der Waals surface area contributed by atoms with E-state index >= 15 is 0 Å². The summed E-state index contributed by atoms with van der Waals surface area (Å²) < 4.78 is 5.55. The van der Waals surface area contributed by atoms with E-state index < -0.39 is 4.92 Å². The first-order valence-electron chi connectivity index (χ1n) is 10.6. The summed E-state index contributed by atoms with van der Waals surface area (Å²) in [5.41, 5.74) is 2.44. The first kappa shape index (κ1) is 22.7. The normalized spacial score (nSPS) is 14.3. The molecule has 3 aromatic rings. The number of amides is 1. The third-order valence-corrected chi connectivity index (χ3v) is 6.21. The zero-order valence-corrected chi connectivity index (χ0v) is 19.0. The van der Waals surface area contributed by atoms with Crippen LogP contribution in [0.2, 0.25) is 0 Å². The van der Waals surface area contributed by atoms with E-state index in [1.807, 2.05) is 24.3 Å². The molecule has 1 saturated heterocycles. The number of hydrogen-bond acceptors (Lipinski definition) is 9. The lowest BCUT2D eigenvalue weighted by molar-refractivity contribution is -0.384. The average molecular weight is 469 g/mol. The van der Waals surface area contributed by atoms with Crippen LogP contribution in [0.5, 0.6) is 0 Å². The molecule has 172 valence electrons. The summed E-state index contributed by atoms with van der Waals surface area (Å²) in [5.74, 6) is 0.172. The molecule has 0 saturated carbocycles. The second-order valence-electron chi connectivity index (χ2n) is 7.48. The average Bonchev–Trinajstić information content (AvgIpc) is 3.32. The lowest BCUT2D eigenvalue weighted by Crippen LogP contribution is -2.46. The van der Waals surface area contributed by atoms with Crippen LogP contribution in [-0.4, -0.2) is 64.4 Å². The zero-order chi connectivity index (χ0) is 23.2. The van der Waals surface area contributed by atoms with Gasteiger partial charge in [0, 0.05) is 55.2 Å². The molecule has 0 radical (unpaired) electrons. The molecule has 1 N–H and O–H groups in total. The van der Waals surface area contributed by atoms with E-state index in [0.717, 1.165) is 55.9 Å². The third-order valence-electron chi connectivity index (χ3n) is 5.39. The van der Waals surface area contributed by atoms with Gasteiger partial charge < -0.3 is 19.5 Å². The topological polar surface area (TPSA) is 118 Å². The lowest BCUT2D eigenvalue weighted by atomic mass is 10.2. The predicted molar refractivity (Wildman–Crippen MR) is 127 cm³/mol. The molecule has 33 heavy (non-hydrogen) atoms. The molecule has 0 spiro atoms.